The predicted octanol–water partition coefficient (Wildman–Crippen LogP) is 23.8. The molecule has 0 aliphatic rings. The van der Waals surface area contributed by atoms with Gasteiger partial charge in [-0.15, -0.1) is 0 Å². The zero-order chi connectivity index (χ0) is 64.9. The fourth-order valence-corrected chi connectivity index (χ4v) is 11.0. The molecule has 0 radical (unpaired) electrons. The van der Waals surface area contributed by atoms with Crippen LogP contribution in [0.25, 0.3) is 0 Å². The quantitative estimate of drug-likeness (QED) is 0.0205. The van der Waals surface area contributed by atoms with Crippen LogP contribution >= 0.6 is 7.82 Å². The van der Waals surface area contributed by atoms with Crippen molar-refractivity contribution < 1.29 is 37.3 Å². The Morgan fingerprint density at radius 3 is 1.10 bits per heavy atom. The molecule has 0 fully saturated rings. The minimum Gasteiger partial charge on any atom is -0.456 e. The van der Waals surface area contributed by atoms with Crippen molar-refractivity contribution in [3.8, 4) is 0 Å². The monoisotopic (exact) mass is 1260 g/mol. The molecule has 0 heterocycles. The lowest BCUT2D eigenvalue weighted by atomic mass is 10.0. The summed E-state index contributed by atoms with van der Waals surface area (Å²) in [6.45, 7) is 6.87. The van der Waals surface area contributed by atoms with Crippen LogP contribution in [-0.4, -0.2) is 74.3 Å². The highest BCUT2D eigenvalue weighted by Crippen LogP contribution is 2.43. The fourth-order valence-electron chi connectivity index (χ4n) is 10.2. The molecular formula is C79H140N2O7P+. The summed E-state index contributed by atoms with van der Waals surface area (Å²) < 4.78 is 30.8. The predicted molar refractivity (Wildman–Crippen MR) is 387 cm³/mol. The number of rotatable bonds is 66. The Hall–Kier alpha value is -3.59. The van der Waals surface area contributed by atoms with Crippen LogP contribution in [0.5, 0.6) is 0 Å². The van der Waals surface area contributed by atoms with E-state index in [-0.39, 0.29) is 31.5 Å². The molecule has 89 heavy (non-hydrogen) atoms. The average Bonchev–Trinajstić information content (AvgIpc) is 3.71. The number of likely N-dealkylation sites (N-methyl/N-ethyl adjacent to an activating group) is 1. The van der Waals surface area contributed by atoms with Gasteiger partial charge in [-0.3, -0.25) is 18.6 Å². The Morgan fingerprint density at radius 2 is 0.719 bits per heavy atom. The van der Waals surface area contributed by atoms with Gasteiger partial charge in [0.15, 0.2) is 0 Å². The zero-order valence-electron chi connectivity index (χ0n) is 58.6. The van der Waals surface area contributed by atoms with E-state index in [4.69, 9.17) is 13.8 Å². The first kappa shape index (κ1) is 85.4. The zero-order valence-corrected chi connectivity index (χ0v) is 59.5. The molecule has 3 atom stereocenters. The number of phosphoric acid groups is 1. The molecule has 10 heteroatoms. The van der Waals surface area contributed by atoms with E-state index in [1.807, 2.05) is 33.3 Å². The number of nitrogens with zero attached hydrogens (tertiary/aromatic N) is 1. The summed E-state index contributed by atoms with van der Waals surface area (Å²) in [5.41, 5.74) is 0. The molecule has 0 bridgehead atoms. The maximum Gasteiger partial charge on any atom is 0.472 e. The molecule has 0 saturated carbocycles. The van der Waals surface area contributed by atoms with Crippen molar-refractivity contribution >= 4 is 19.7 Å². The Bertz CT molecular complexity index is 1940. The summed E-state index contributed by atoms with van der Waals surface area (Å²) in [6, 6.07) is -0.861. The van der Waals surface area contributed by atoms with Gasteiger partial charge in [-0.2, -0.15) is 0 Å². The first-order valence-corrected chi connectivity index (χ1v) is 38.4. The fraction of sp³-hybridized carbons (Fsp3) is 0.722. The molecule has 0 spiro atoms. The lowest BCUT2D eigenvalue weighted by Crippen LogP contribution is -2.47. The Kier molecular flexibility index (Phi) is 64.6. The van der Waals surface area contributed by atoms with Crippen molar-refractivity contribution in [2.75, 3.05) is 40.9 Å². The van der Waals surface area contributed by atoms with Crippen LogP contribution in [0, 0.1) is 0 Å². The number of quaternary nitrogens is 1. The van der Waals surface area contributed by atoms with Gasteiger partial charge < -0.3 is 19.4 Å². The standard InChI is InChI=1S/C79H139N2O7P/c1-7-10-13-16-19-22-25-27-29-31-33-35-37-39-40-42-44-46-48-50-52-54-57-60-63-66-69-72-79(83)88-77(70-67-64-61-58-55-24-21-18-15-12-9-3)76(75-87-89(84,85)86-74-73-81(4,5)6)80-78(82)71-68-65-62-59-56-53-51-49-47-45-43-41-38-36-34-32-30-28-26-23-20-17-14-11-8-2/h10,13,19-20,22-23,27-30,33-36,39-40,44,46,67,70,76-77H,7-9,11-12,14-18,21,24-26,31-32,37-38,41-43,45,47-66,68-69,71-75H2,1-6H3,(H-,80,82,84,85)/p+1/b13-10-,22-19-,23-20-,29-27-,30-28-,35-33-,36-34-,40-39-,46-44-,70-67+. The topological polar surface area (TPSA) is 111 Å². The Morgan fingerprint density at radius 1 is 0.404 bits per heavy atom. The molecule has 0 aromatic carbocycles. The van der Waals surface area contributed by atoms with Gasteiger partial charge in [0.05, 0.1) is 33.8 Å². The lowest BCUT2D eigenvalue weighted by molar-refractivity contribution is -0.870. The molecule has 1 amide bonds. The van der Waals surface area contributed by atoms with Crippen LogP contribution < -0.4 is 5.32 Å². The van der Waals surface area contributed by atoms with Crippen LogP contribution in [0.4, 0.5) is 0 Å². The summed E-state index contributed by atoms with van der Waals surface area (Å²) in [4.78, 5) is 37.9. The molecule has 0 aromatic rings. The second kappa shape index (κ2) is 67.3. The molecule has 0 aromatic heterocycles. The third-order valence-electron chi connectivity index (χ3n) is 15.9. The maximum atomic E-state index is 13.6. The lowest BCUT2D eigenvalue weighted by Gasteiger charge is -2.27. The summed E-state index contributed by atoms with van der Waals surface area (Å²) in [5, 5.41) is 3.07. The number of phosphoric ester groups is 1. The highest BCUT2D eigenvalue weighted by Gasteiger charge is 2.30. The molecule has 0 aliphatic heterocycles. The van der Waals surface area contributed by atoms with Gasteiger partial charge in [0, 0.05) is 12.8 Å². The molecule has 3 unspecified atom stereocenters. The largest absolute Gasteiger partial charge is 0.472 e. The normalized spacial score (nSPS) is 14.2. The molecule has 0 aliphatic carbocycles. The van der Waals surface area contributed by atoms with E-state index in [0.717, 1.165) is 122 Å². The summed E-state index contributed by atoms with van der Waals surface area (Å²) >= 11 is 0. The van der Waals surface area contributed by atoms with Gasteiger partial charge >= 0.3 is 13.8 Å². The number of nitrogens with one attached hydrogen (secondary N) is 1. The van der Waals surface area contributed by atoms with Gasteiger partial charge in [-0.05, 0) is 122 Å². The van der Waals surface area contributed by atoms with E-state index in [1.54, 1.807) is 0 Å². The number of allylic oxidation sites excluding steroid dienone is 19. The number of carbonyl (C=O) groups excluding carboxylic acids is 2. The number of amides is 1. The first-order chi connectivity index (χ1) is 43.4. The molecule has 2 N–H and O–H groups in total. The van der Waals surface area contributed by atoms with Crippen LogP contribution in [0.3, 0.4) is 0 Å². The molecule has 9 nitrogen and oxygen atoms in total. The highest BCUT2D eigenvalue weighted by atomic mass is 31.2. The van der Waals surface area contributed by atoms with Crippen molar-refractivity contribution in [3.05, 3.63) is 122 Å². The molecular weight excluding hydrogens is 1120 g/mol. The van der Waals surface area contributed by atoms with E-state index in [0.29, 0.717) is 17.4 Å². The molecule has 0 saturated heterocycles. The number of esters is 1. The van der Waals surface area contributed by atoms with Crippen molar-refractivity contribution in [1.29, 1.82) is 0 Å². The highest BCUT2D eigenvalue weighted by molar-refractivity contribution is 7.47. The van der Waals surface area contributed by atoms with E-state index >= 15 is 0 Å². The third-order valence-corrected chi connectivity index (χ3v) is 16.9. The second-order valence-electron chi connectivity index (χ2n) is 25.7. The first-order valence-electron chi connectivity index (χ1n) is 36.9. The number of ether oxygens (including phenoxy) is 1. The number of hydrogen-bond donors (Lipinski definition) is 2. The van der Waals surface area contributed by atoms with Crippen LogP contribution in [0.15, 0.2) is 122 Å². The minimum absolute atomic E-state index is 0.0333. The van der Waals surface area contributed by atoms with Gasteiger partial charge in [0.1, 0.15) is 19.3 Å². The van der Waals surface area contributed by atoms with E-state index in [2.05, 4.69) is 135 Å². The summed E-state index contributed by atoms with van der Waals surface area (Å²) in [5.74, 6) is -0.517. The number of carbonyl (C=O) groups is 2. The van der Waals surface area contributed by atoms with E-state index in [1.165, 1.54) is 161 Å². The third kappa shape index (κ3) is 68.6. The van der Waals surface area contributed by atoms with Crippen molar-refractivity contribution in [3.63, 3.8) is 0 Å². The average molecular weight is 1260 g/mol. The summed E-state index contributed by atoms with van der Waals surface area (Å²) in [6.07, 6.45) is 95.0. The van der Waals surface area contributed by atoms with Crippen molar-refractivity contribution in [2.45, 2.75) is 328 Å². The SMILES string of the molecule is CC/C=C\C/C=C\C/C=C\C/C=C\C/C=C\C/C=C\CCCCCCCCCCC(=O)OC(/C=C/CCCCCCCCCCC)C(COP(=O)(O)OCC[N+](C)(C)C)NC(=O)CCCCCCCCCCCCCC/C=C\C/C=C\C/C=C\CCCCC. The second-order valence-corrected chi connectivity index (χ2v) is 27.2. The van der Waals surface area contributed by atoms with E-state index in [9.17, 15) is 19.0 Å². The van der Waals surface area contributed by atoms with Gasteiger partial charge in [0.25, 0.3) is 0 Å². The smallest absolute Gasteiger partial charge is 0.456 e. The number of unbranched alkanes of at least 4 members (excludes halogenated alkanes) is 32. The van der Waals surface area contributed by atoms with Crippen LogP contribution in [0.2, 0.25) is 0 Å². The Labute approximate surface area is 550 Å². The van der Waals surface area contributed by atoms with Gasteiger partial charge in [-0.25, -0.2) is 4.57 Å². The minimum atomic E-state index is -4.46. The number of hydrogen-bond acceptors (Lipinski definition) is 6. The Balaban J connectivity index is 5.01. The van der Waals surface area contributed by atoms with Crippen molar-refractivity contribution in [1.82, 2.24) is 5.32 Å². The van der Waals surface area contributed by atoms with E-state index < -0.39 is 20.0 Å². The molecule has 0 rings (SSSR count). The van der Waals surface area contributed by atoms with Crippen LogP contribution in [-0.2, 0) is 27.9 Å². The van der Waals surface area contributed by atoms with Gasteiger partial charge in [-0.1, -0.05) is 303 Å². The van der Waals surface area contributed by atoms with Crippen molar-refractivity contribution in [2.24, 2.45) is 0 Å². The molecule has 512 valence electrons. The van der Waals surface area contributed by atoms with Crippen LogP contribution in [0.1, 0.15) is 316 Å². The maximum absolute atomic E-state index is 13.6. The van der Waals surface area contributed by atoms with Gasteiger partial charge in [0.2, 0.25) is 5.91 Å². The summed E-state index contributed by atoms with van der Waals surface area (Å²) in [7, 11) is 1.48.